The van der Waals surface area contributed by atoms with Crippen molar-refractivity contribution in [2.24, 2.45) is 23.2 Å². The zero-order valence-electron chi connectivity index (χ0n) is 11.5. The highest BCUT2D eigenvalue weighted by Crippen LogP contribution is 2.58. The lowest BCUT2D eigenvalue weighted by Crippen LogP contribution is -2.53. The third kappa shape index (κ3) is 2.02. The summed E-state index contributed by atoms with van der Waals surface area (Å²) in [6.07, 6.45) is 2.30. The zero-order chi connectivity index (χ0) is 13.5. The Labute approximate surface area is 110 Å². The number of aliphatic hydroxyl groups is 3. The Kier molecular flexibility index (Phi) is 3.86. The average molecular weight is 254 g/mol. The van der Waals surface area contributed by atoms with E-state index >= 15 is 0 Å². The second-order valence-electron chi connectivity index (χ2n) is 6.48. The first-order chi connectivity index (χ1) is 8.42. The van der Waals surface area contributed by atoms with Gasteiger partial charge in [0.15, 0.2) is 0 Å². The first kappa shape index (κ1) is 14.0. The van der Waals surface area contributed by atoms with Crippen molar-refractivity contribution in [3.63, 3.8) is 0 Å². The molecule has 0 aliphatic heterocycles. The molecule has 0 radical (unpaired) electrons. The van der Waals surface area contributed by atoms with E-state index in [1.54, 1.807) is 0 Å². The molecule has 1 spiro atoms. The van der Waals surface area contributed by atoms with Crippen LogP contribution in [0.5, 0.6) is 0 Å². The van der Waals surface area contributed by atoms with Gasteiger partial charge in [-0.2, -0.15) is 0 Å². The lowest BCUT2D eigenvalue weighted by molar-refractivity contribution is -0.135. The van der Waals surface area contributed by atoms with Crippen LogP contribution in [0.3, 0.4) is 0 Å². The first-order valence-electron chi connectivity index (χ1n) is 7.04. The van der Waals surface area contributed by atoms with Crippen LogP contribution >= 0.6 is 0 Å². The molecular formula is C15H26O3. The van der Waals surface area contributed by atoms with Crippen LogP contribution < -0.4 is 0 Å². The summed E-state index contributed by atoms with van der Waals surface area (Å²) >= 11 is 0. The van der Waals surface area contributed by atoms with Gasteiger partial charge in [0, 0.05) is 6.61 Å². The molecule has 0 heterocycles. The van der Waals surface area contributed by atoms with Crippen LogP contribution in [0.2, 0.25) is 0 Å². The van der Waals surface area contributed by atoms with Crippen molar-refractivity contribution in [3.05, 3.63) is 12.2 Å². The fraction of sp³-hybridized carbons (Fsp3) is 0.867. The summed E-state index contributed by atoms with van der Waals surface area (Å²) in [7, 11) is 0. The summed E-state index contributed by atoms with van der Waals surface area (Å²) in [4.78, 5) is 0. The number of aliphatic hydroxyl groups excluding tert-OH is 3. The maximum absolute atomic E-state index is 10.2. The fourth-order valence-corrected chi connectivity index (χ4v) is 4.28. The third-order valence-corrected chi connectivity index (χ3v) is 5.65. The molecule has 6 atom stereocenters. The van der Waals surface area contributed by atoms with Gasteiger partial charge in [0.05, 0.1) is 12.2 Å². The van der Waals surface area contributed by atoms with Gasteiger partial charge in [-0.15, -0.1) is 0 Å². The minimum absolute atomic E-state index is 0.0169. The van der Waals surface area contributed by atoms with Gasteiger partial charge in [-0.1, -0.05) is 19.1 Å². The third-order valence-electron chi connectivity index (χ3n) is 5.65. The van der Waals surface area contributed by atoms with Crippen LogP contribution in [0, 0.1) is 23.2 Å². The Morgan fingerprint density at radius 2 is 2.06 bits per heavy atom. The zero-order valence-corrected chi connectivity index (χ0v) is 11.5. The highest BCUT2D eigenvalue weighted by Gasteiger charge is 2.54. The van der Waals surface area contributed by atoms with Gasteiger partial charge >= 0.3 is 0 Å². The molecule has 2 saturated carbocycles. The summed E-state index contributed by atoms with van der Waals surface area (Å²) in [5.41, 5.74) is 1.19. The summed E-state index contributed by atoms with van der Waals surface area (Å²) < 4.78 is 0. The smallest absolute Gasteiger partial charge is 0.0830 e. The van der Waals surface area contributed by atoms with E-state index in [0.717, 1.165) is 19.3 Å². The molecule has 3 heteroatoms. The van der Waals surface area contributed by atoms with Gasteiger partial charge < -0.3 is 15.3 Å². The van der Waals surface area contributed by atoms with Crippen molar-refractivity contribution < 1.29 is 15.3 Å². The van der Waals surface area contributed by atoms with Crippen molar-refractivity contribution in [3.8, 4) is 0 Å². The molecule has 3 nitrogen and oxygen atoms in total. The van der Waals surface area contributed by atoms with Crippen molar-refractivity contribution in [1.29, 1.82) is 0 Å². The monoisotopic (exact) mass is 254 g/mol. The largest absolute Gasteiger partial charge is 0.396 e. The molecular weight excluding hydrogens is 228 g/mol. The first-order valence-corrected chi connectivity index (χ1v) is 7.04. The molecule has 0 bridgehead atoms. The Bertz CT molecular complexity index is 324. The van der Waals surface area contributed by atoms with Gasteiger partial charge in [0.1, 0.15) is 0 Å². The van der Waals surface area contributed by atoms with E-state index in [-0.39, 0.29) is 23.9 Å². The number of rotatable bonds is 2. The molecule has 0 aromatic rings. The fourth-order valence-electron chi connectivity index (χ4n) is 4.28. The van der Waals surface area contributed by atoms with Gasteiger partial charge in [-0.25, -0.2) is 0 Å². The molecule has 3 N–H and O–H groups in total. The molecule has 18 heavy (non-hydrogen) atoms. The standard InChI is InChI=1S/C15H26O3/c1-9(2)11-4-5-15(7-11)10(3)14(18)13(17)6-12(15)8-16/h10-14,16-18H,1,4-8H2,2-3H3/t10?,11-,12?,13?,14?,15-/m0/s1. The molecule has 2 aliphatic carbocycles. The van der Waals surface area contributed by atoms with Crippen LogP contribution in [-0.4, -0.2) is 34.1 Å². The van der Waals surface area contributed by atoms with Crippen molar-refractivity contribution in [2.75, 3.05) is 6.61 Å². The van der Waals surface area contributed by atoms with Gasteiger partial charge in [-0.05, 0) is 55.8 Å². The summed E-state index contributed by atoms with van der Waals surface area (Å²) in [5, 5.41) is 29.7. The molecule has 2 aliphatic rings. The molecule has 0 saturated heterocycles. The molecule has 104 valence electrons. The number of hydrogen-bond donors (Lipinski definition) is 3. The van der Waals surface area contributed by atoms with E-state index in [9.17, 15) is 15.3 Å². The number of hydrogen-bond acceptors (Lipinski definition) is 3. The normalized spacial score (nSPS) is 48.6. The predicted octanol–water partition coefficient (Wildman–Crippen LogP) is 1.72. The van der Waals surface area contributed by atoms with E-state index in [1.165, 1.54) is 5.57 Å². The predicted molar refractivity (Wildman–Crippen MR) is 71.0 cm³/mol. The summed E-state index contributed by atoms with van der Waals surface area (Å²) in [5.74, 6) is 0.655. The quantitative estimate of drug-likeness (QED) is 0.658. The molecule has 4 unspecified atom stereocenters. The van der Waals surface area contributed by atoms with Crippen molar-refractivity contribution in [1.82, 2.24) is 0 Å². The Balaban J connectivity index is 2.25. The van der Waals surface area contributed by atoms with E-state index < -0.39 is 12.2 Å². The molecule has 0 aromatic heterocycles. The summed E-state index contributed by atoms with van der Waals surface area (Å²) in [6.45, 7) is 8.25. The molecule has 0 amide bonds. The molecule has 2 fully saturated rings. The Hall–Kier alpha value is -0.380. The second-order valence-corrected chi connectivity index (χ2v) is 6.48. The van der Waals surface area contributed by atoms with Crippen LogP contribution in [0.25, 0.3) is 0 Å². The van der Waals surface area contributed by atoms with E-state index in [2.05, 4.69) is 13.5 Å². The Morgan fingerprint density at radius 3 is 2.56 bits per heavy atom. The number of allylic oxidation sites excluding steroid dienone is 1. The van der Waals surface area contributed by atoms with E-state index in [0.29, 0.717) is 12.3 Å². The second kappa shape index (κ2) is 4.95. The van der Waals surface area contributed by atoms with Crippen LogP contribution in [-0.2, 0) is 0 Å². The highest BCUT2D eigenvalue weighted by molar-refractivity contribution is 5.10. The van der Waals surface area contributed by atoms with E-state index in [4.69, 9.17) is 0 Å². The Morgan fingerprint density at radius 1 is 1.39 bits per heavy atom. The summed E-state index contributed by atoms with van der Waals surface area (Å²) in [6, 6.07) is 0. The van der Waals surface area contributed by atoms with Gasteiger partial charge in [0.25, 0.3) is 0 Å². The van der Waals surface area contributed by atoms with Crippen LogP contribution in [0.4, 0.5) is 0 Å². The maximum Gasteiger partial charge on any atom is 0.0830 e. The topological polar surface area (TPSA) is 60.7 Å². The minimum atomic E-state index is -0.688. The van der Waals surface area contributed by atoms with Gasteiger partial charge in [0.2, 0.25) is 0 Å². The lowest BCUT2D eigenvalue weighted by Gasteiger charge is -2.50. The lowest BCUT2D eigenvalue weighted by atomic mass is 9.57. The SMILES string of the molecule is C=C(C)[C@H]1CC[C@@]2(C1)C(CO)CC(O)C(O)C2C. The minimum Gasteiger partial charge on any atom is -0.396 e. The highest BCUT2D eigenvalue weighted by atomic mass is 16.3. The van der Waals surface area contributed by atoms with Crippen LogP contribution in [0.15, 0.2) is 12.2 Å². The van der Waals surface area contributed by atoms with E-state index in [1.807, 2.05) is 6.92 Å². The maximum atomic E-state index is 10.2. The van der Waals surface area contributed by atoms with Crippen molar-refractivity contribution in [2.45, 2.75) is 51.7 Å². The molecule has 2 rings (SSSR count). The van der Waals surface area contributed by atoms with Gasteiger partial charge in [-0.3, -0.25) is 0 Å². The van der Waals surface area contributed by atoms with Crippen LogP contribution in [0.1, 0.15) is 39.5 Å². The molecule has 0 aromatic carbocycles. The average Bonchev–Trinajstić information content (AvgIpc) is 2.78. The van der Waals surface area contributed by atoms with Crippen molar-refractivity contribution >= 4 is 0 Å².